The Morgan fingerprint density at radius 1 is 0.976 bits per heavy atom. The largest absolute Gasteiger partial charge is 0.381 e. The Morgan fingerprint density at radius 3 is 2.17 bits per heavy atom. The van der Waals surface area contributed by atoms with Gasteiger partial charge in [-0.2, -0.15) is 9.36 Å². The zero-order valence-corrected chi connectivity index (χ0v) is 24.4. The normalized spacial score (nSPS) is 14.1. The van der Waals surface area contributed by atoms with Crippen LogP contribution in [0, 0.1) is 0 Å². The Labute approximate surface area is 244 Å². The van der Waals surface area contributed by atoms with Gasteiger partial charge in [0.2, 0.25) is 15.2 Å². The molecule has 1 saturated heterocycles. The Hall–Kier alpha value is -3.80. The number of benzene rings is 3. The van der Waals surface area contributed by atoms with Crippen LogP contribution in [-0.4, -0.2) is 60.8 Å². The van der Waals surface area contributed by atoms with Crippen LogP contribution in [0.25, 0.3) is 11.4 Å². The molecule has 9 nitrogen and oxygen atoms in total. The summed E-state index contributed by atoms with van der Waals surface area (Å²) in [6, 6.07) is 27.5. The molecule has 4 aromatic rings. The fraction of sp³-hybridized carbons (Fsp3) is 0.300. The van der Waals surface area contributed by atoms with Crippen LogP contribution in [0.2, 0.25) is 0 Å². The number of aromatic nitrogens is 2. The highest BCUT2D eigenvalue weighted by molar-refractivity contribution is 7.92. The molecule has 0 unspecified atom stereocenters. The molecule has 41 heavy (non-hydrogen) atoms. The Morgan fingerprint density at radius 2 is 1.59 bits per heavy atom. The SMILES string of the molecule is CS(=O)(=O)Nc1ccc(-c2nsc(NC(=O)N(CCC(c3ccccc3)c3ccccc3)C3CCOCC3)n2)cc1. The fourth-order valence-corrected chi connectivity index (χ4v) is 6.21. The van der Waals surface area contributed by atoms with Crippen LogP contribution < -0.4 is 10.0 Å². The van der Waals surface area contributed by atoms with Crippen molar-refractivity contribution in [1.82, 2.24) is 14.3 Å². The van der Waals surface area contributed by atoms with Gasteiger partial charge in [-0.05, 0) is 54.7 Å². The molecule has 1 aliphatic heterocycles. The highest BCUT2D eigenvalue weighted by Gasteiger charge is 2.28. The monoisotopic (exact) mass is 591 g/mol. The quantitative estimate of drug-likeness (QED) is 0.241. The van der Waals surface area contributed by atoms with Crippen molar-refractivity contribution in [1.29, 1.82) is 0 Å². The first-order chi connectivity index (χ1) is 19.9. The molecular weight excluding hydrogens is 558 g/mol. The third-order valence-electron chi connectivity index (χ3n) is 7.04. The van der Waals surface area contributed by atoms with Crippen molar-refractivity contribution in [3.05, 3.63) is 96.1 Å². The zero-order chi connectivity index (χ0) is 28.7. The zero-order valence-electron chi connectivity index (χ0n) is 22.8. The summed E-state index contributed by atoms with van der Waals surface area (Å²) in [7, 11) is -3.36. The second-order valence-corrected chi connectivity index (χ2v) is 12.5. The molecule has 1 fully saturated rings. The van der Waals surface area contributed by atoms with Crippen LogP contribution in [-0.2, 0) is 14.8 Å². The molecule has 5 rings (SSSR count). The third kappa shape index (κ3) is 7.90. The van der Waals surface area contributed by atoms with Gasteiger partial charge >= 0.3 is 6.03 Å². The summed E-state index contributed by atoms with van der Waals surface area (Å²) in [6.07, 6.45) is 3.44. The van der Waals surface area contributed by atoms with Crippen LogP contribution in [0.3, 0.4) is 0 Å². The topological polar surface area (TPSA) is 114 Å². The van der Waals surface area contributed by atoms with E-state index in [0.717, 1.165) is 42.6 Å². The van der Waals surface area contributed by atoms with E-state index in [4.69, 9.17) is 4.74 Å². The highest BCUT2D eigenvalue weighted by Crippen LogP contribution is 2.30. The number of nitrogens with zero attached hydrogens (tertiary/aromatic N) is 3. The Kier molecular flexibility index (Phi) is 9.28. The van der Waals surface area contributed by atoms with Gasteiger partial charge < -0.3 is 9.64 Å². The van der Waals surface area contributed by atoms with Gasteiger partial charge in [-0.1, -0.05) is 60.7 Å². The molecule has 0 aliphatic carbocycles. The second kappa shape index (κ2) is 13.2. The van der Waals surface area contributed by atoms with Crippen molar-refractivity contribution >= 4 is 38.4 Å². The Balaban J connectivity index is 1.31. The van der Waals surface area contributed by atoms with Gasteiger partial charge in [-0.3, -0.25) is 10.0 Å². The average Bonchev–Trinajstić information content (AvgIpc) is 3.44. The molecule has 0 bridgehead atoms. The molecule has 1 aliphatic rings. The number of hydrogen-bond acceptors (Lipinski definition) is 7. The highest BCUT2D eigenvalue weighted by atomic mass is 32.2. The summed E-state index contributed by atoms with van der Waals surface area (Å²) in [6.45, 7) is 1.83. The molecule has 0 saturated carbocycles. The van der Waals surface area contributed by atoms with E-state index in [2.05, 4.69) is 67.9 Å². The van der Waals surface area contributed by atoms with Crippen LogP contribution in [0.15, 0.2) is 84.9 Å². The van der Waals surface area contributed by atoms with Gasteiger partial charge in [0, 0.05) is 54.5 Å². The van der Waals surface area contributed by atoms with Gasteiger partial charge in [-0.15, -0.1) is 0 Å². The van der Waals surface area contributed by atoms with E-state index in [0.29, 0.717) is 36.4 Å². The minimum Gasteiger partial charge on any atom is -0.381 e. The van der Waals surface area contributed by atoms with E-state index in [-0.39, 0.29) is 18.0 Å². The minimum atomic E-state index is -3.36. The minimum absolute atomic E-state index is 0.0678. The van der Waals surface area contributed by atoms with Gasteiger partial charge in [0.1, 0.15) is 0 Å². The molecule has 0 radical (unpaired) electrons. The number of hydrogen-bond donors (Lipinski definition) is 2. The lowest BCUT2D eigenvalue weighted by Crippen LogP contribution is -2.46. The Bertz CT molecular complexity index is 1480. The maximum Gasteiger partial charge on any atom is 0.323 e. The number of anilines is 2. The summed E-state index contributed by atoms with van der Waals surface area (Å²) in [5, 5.41) is 3.38. The molecule has 3 aromatic carbocycles. The van der Waals surface area contributed by atoms with E-state index in [9.17, 15) is 13.2 Å². The number of nitrogens with one attached hydrogen (secondary N) is 2. The lowest BCUT2D eigenvalue weighted by molar-refractivity contribution is 0.0475. The van der Waals surface area contributed by atoms with Crippen LogP contribution >= 0.6 is 11.5 Å². The maximum absolute atomic E-state index is 13.7. The van der Waals surface area contributed by atoms with E-state index in [1.807, 2.05) is 17.0 Å². The van der Waals surface area contributed by atoms with E-state index in [1.165, 1.54) is 11.1 Å². The first-order valence-electron chi connectivity index (χ1n) is 13.5. The molecule has 2 amide bonds. The van der Waals surface area contributed by atoms with Crippen molar-refractivity contribution < 1.29 is 17.9 Å². The number of rotatable bonds is 10. The average molecular weight is 592 g/mol. The molecule has 1 aromatic heterocycles. The van der Waals surface area contributed by atoms with Crippen molar-refractivity contribution in [2.24, 2.45) is 0 Å². The van der Waals surface area contributed by atoms with Crippen LogP contribution in [0.1, 0.15) is 36.3 Å². The summed E-state index contributed by atoms with van der Waals surface area (Å²) >= 11 is 1.11. The molecule has 214 valence electrons. The van der Waals surface area contributed by atoms with Crippen LogP contribution in [0.5, 0.6) is 0 Å². The smallest absolute Gasteiger partial charge is 0.323 e. The van der Waals surface area contributed by atoms with E-state index in [1.54, 1.807) is 24.3 Å². The molecule has 11 heteroatoms. The number of carbonyl (C=O) groups is 1. The van der Waals surface area contributed by atoms with Gasteiger partial charge in [0.15, 0.2) is 5.82 Å². The molecule has 0 atom stereocenters. The molecule has 0 spiro atoms. The molecular formula is C30H33N5O4S2. The predicted molar refractivity (Wildman–Crippen MR) is 163 cm³/mol. The van der Waals surface area contributed by atoms with Crippen molar-refractivity contribution in [3.63, 3.8) is 0 Å². The first kappa shape index (κ1) is 28.7. The van der Waals surface area contributed by atoms with Crippen molar-refractivity contribution in [3.8, 4) is 11.4 Å². The van der Waals surface area contributed by atoms with Gasteiger partial charge in [0.25, 0.3) is 0 Å². The second-order valence-electron chi connectivity index (χ2n) is 10.0. The predicted octanol–water partition coefficient (Wildman–Crippen LogP) is 5.81. The van der Waals surface area contributed by atoms with E-state index < -0.39 is 10.0 Å². The van der Waals surface area contributed by atoms with Gasteiger partial charge in [-0.25, -0.2) is 13.2 Å². The van der Waals surface area contributed by atoms with Gasteiger partial charge in [0.05, 0.1) is 6.26 Å². The van der Waals surface area contributed by atoms with Crippen molar-refractivity contribution in [2.45, 2.75) is 31.2 Å². The third-order valence-corrected chi connectivity index (χ3v) is 8.28. The number of urea groups is 1. The first-order valence-corrected chi connectivity index (χ1v) is 16.2. The summed E-state index contributed by atoms with van der Waals surface area (Å²) in [4.78, 5) is 20.1. The lowest BCUT2D eigenvalue weighted by Gasteiger charge is -2.35. The fourth-order valence-electron chi connectivity index (χ4n) is 5.07. The maximum atomic E-state index is 13.7. The number of amides is 2. The van der Waals surface area contributed by atoms with E-state index >= 15 is 0 Å². The molecule has 2 heterocycles. The van der Waals surface area contributed by atoms with Crippen LogP contribution in [0.4, 0.5) is 15.6 Å². The summed E-state index contributed by atoms with van der Waals surface area (Å²) in [5.74, 6) is 0.614. The number of sulfonamides is 1. The lowest BCUT2D eigenvalue weighted by atomic mass is 9.88. The standard InChI is InChI=1S/C30H33N5O4S2/c1-41(37,38)34-25-14-12-24(13-15-25)28-31-29(40-33-28)32-30(36)35(26-17-20-39-21-18-26)19-16-27(22-8-4-2-5-9-22)23-10-6-3-7-11-23/h2-15,26-27,34H,16-21H2,1H3,(H,31,32,33,36). The summed E-state index contributed by atoms with van der Waals surface area (Å²) < 4.78 is 35.4. The summed E-state index contributed by atoms with van der Waals surface area (Å²) in [5.41, 5.74) is 3.61. The van der Waals surface area contributed by atoms with Crippen molar-refractivity contribution in [2.75, 3.05) is 36.1 Å². The number of ether oxygens (including phenoxy) is 1. The number of carbonyl (C=O) groups excluding carboxylic acids is 1. The molecule has 2 N–H and O–H groups in total.